The first-order valence-electron chi connectivity index (χ1n) is 10.5. The van der Waals surface area contributed by atoms with Crippen molar-refractivity contribution in [2.24, 2.45) is 5.92 Å². The van der Waals surface area contributed by atoms with Crippen molar-refractivity contribution in [2.75, 3.05) is 19.6 Å². The second kappa shape index (κ2) is 8.89. The Morgan fingerprint density at radius 3 is 2.21 bits per heavy atom. The summed E-state index contributed by atoms with van der Waals surface area (Å²) in [5, 5.41) is 13.0. The van der Waals surface area contributed by atoms with E-state index in [1.54, 1.807) is 0 Å². The molecule has 1 amide bonds. The summed E-state index contributed by atoms with van der Waals surface area (Å²) in [7, 11) is 0. The number of nitrogens with zero attached hydrogens (tertiary/aromatic N) is 1. The lowest BCUT2D eigenvalue weighted by molar-refractivity contribution is -0.124. The number of aliphatic hydroxyl groups is 1. The number of hydrogen-bond acceptors (Lipinski definition) is 3. The summed E-state index contributed by atoms with van der Waals surface area (Å²) in [6.07, 6.45) is 3.53. The van der Waals surface area contributed by atoms with Gasteiger partial charge in [-0.25, -0.2) is 0 Å². The largest absolute Gasteiger partial charge is 0.393 e. The maximum absolute atomic E-state index is 12.8. The Labute approximate surface area is 167 Å². The zero-order valence-electron chi connectivity index (χ0n) is 16.3. The normalized spacial score (nSPS) is 24.3. The second-order valence-corrected chi connectivity index (χ2v) is 8.30. The molecule has 2 aromatic carbocycles. The highest BCUT2D eigenvalue weighted by molar-refractivity contribution is 5.78. The van der Waals surface area contributed by atoms with Crippen molar-refractivity contribution in [2.45, 2.75) is 43.7 Å². The predicted octanol–water partition coefficient (Wildman–Crippen LogP) is 3.49. The first kappa shape index (κ1) is 19.2. The van der Waals surface area contributed by atoms with Crippen LogP contribution in [0.3, 0.4) is 0 Å². The SMILES string of the molecule is O=C(CN1CCC(c2ccccc2)CC1)N[C@H](c1ccccc1)C1CC(O)C1. The van der Waals surface area contributed by atoms with Crippen molar-refractivity contribution >= 4 is 5.91 Å². The van der Waals surface area contributed by atoms with Crippen molar-refractivity contribution in [1.29, 1.82) is 0 Å². The molecule has 1 atom stereocenters. The third kappa shape index (κ3) is 4.62. The smallest absolute Gasteiger partial charge is 0.234 e. The van der Waals surface area contributed by atoms with Crippen LogP contribution in [0.15, 0.2) is 60.7 Å². The first-order valence-corrected chi connectivity index (χ1v) is 10.5. The van der Waals surface area contributed by atoms with Crippen LogP contribution in [0.1, 0.15) is 48.8 Å². The molecule has 0 radical (unpaired) electrons. The van der Waals surface area contributed by atoms with Crippen molar-refractivity contribution in [3.05, 3.63) is 71.8 Å². The lowest BCUT2D eigenvalue weighted by Gasteiger charge is -2.39. The topological polar surface area (TPSA) is 52.6 Å². The van der Waals surface area contributed by atoms with E-state index in [-0.39, 0.29) is 18.1 Å². The molecular weight excluding hydrogens is 348 g/mol. The molecule has 2 aliphatic rings. The van der Waals surface area contributed by atoms with Gasteiger partial charge in [0.2, 0.25) is 5.91 Å². The van der Waals surface area contributed by atoms with Crippen LogP contribution < -0.4 is 5.32 Å². The fourth-order valence-corrected chi connectivity index (χ4v) is 4.61. The van der Waals surface area contributed by atoms with E-state index >= 15 is 0 Å². The molecule has 0 aromatic heterocycles. The summed E-state index contributed by atoms with van der Waals surface area (Å²) >= 11 is 0. The summed E-state index contributed by atoms with van der Waals surface area (Å²) in [6, 6.07) is 20.9. The van der Waals surface area contributed by atoms with Gasteiger partial charge < -0.3 is 10.4 Å². The van der Waals surface area contributed by atoms with Gasteiger partial charge in [0.15, 0.2) is 0 Å². The molecule has 1 saturated heterocycles. The number of nitrogens with one attached hydrogen (secondary N) is 1. The summed E-state index contributed by atoms with van der Waals surface area (Å²) < 4.78 is 0. The lowest BCUT2D eigenvalue weighted by Crippen LogP contribution is -2.46. The Morgan fingerprint density at radius 1 is 1.00 bits per heavy atom. The Hall–Kier alpha value is -2.17. The number of piperidine rings is 1. The molecule has 2 N–H and O–H groups in total. The molecule has 2 fully saturated rings. The Bertz CT molecular complexity index is 751. The summed E-state index contributed by atoms with van der Waals surface area (Å²) in [6.45, 7) is 2.39. The summed E-state index contributed by atoms with van der Waals surface area (Å²) in [4.78, 5) is 15.0. The van der Waals surface area contributed by atoms with Crippen LogP contribution in [0, 0.1) is 5.92 Å². The molecule has 4 rings (SSSR count). The van der Waals surface area contributed by atoms with Crippen molar-refractivity contribution in [3.8, 4) is 0 Å². The van der Waals surface area contributed by atoms with Gasteiger partial charge in [-0.2, -0.15) is 0 Å². The third-order valence-corrected chi connectivity index (χ3v) is 6.32. The molecule has 0 spiro atoms. The lowest BCUT2D eigenvalue weighted by atomic mass is 9.75. The van der Waals surface area contributed by atoms with Gasteiger partial charge in [-0.05, 0) is 61.7 Å². The van der Waals surface area contributed by atoms with Gasteiger partial charge in [0.1, 0.15) is 0 Å². The number of carbonyl (C=O) groups excluding carboxylic acids is 1. The van der Waals surface area contributed by atoms with E-state index < -0.39 is 0 Å². The minimum atomic E-state index is -0.217. The van der Waals surface area contributed by atoms with Gasteiger partial charge in [-0.15, -0.1) is 0 Å². The fraction of sp³-hybridized carbons (Fsp3) is 0.458. The highest BCUT2D eigenvalue weighted by Gasteiger charge is 2.35. The van der Waals surface area contributed by atoms with E-state index in [1.165, 1.54) is 5.56 Å². The van der Waals surface area contributed by atoms with E-state index in [2.05, 4.69) is 52.7 Å². The molecule has 0 unspecified atom stereocenters. The maximum atomic E-state index is 12.8. The van der Waals surface area contributed by atoms with Gasteiger partial charge in [0, 0.05) is 0 Å². The average Bonchev–Trinajstić information content (AvgIpc) is 2.72. The molecule has 2 aromatic rings. The number of hydrogen-bond donors (Lipinski definition) is 2. The second-order valence-electron chi connectivity index (χ2n) is 8.30. The van der Waals surface area contributed by atoms with Crippen molar-refractivity contribution in [1.82, 2.24) is 10.2 Å². The summed E-state index contributed by atoms with van der Waals surface area (Å²) in [5.41, 5.74) is 2.55. The maximum Gasteiger partial charge on any atom is 0.234 e. The Balaban J connectivity index is 1.31. The molecular formula is C24H30N2O2. The van der Waals surface area contributed by atoms with Crippen LogP contribution in [-0.4, -0.2) is 41.7 Å². The highest BCUT2D eigenvalue weighted by atomic mass is 16.3. The number of aliphatic hydroxyl groups excluding tert-OH is 1. The Morgan fingerprint density at radius 2 is 1.61 bits per heavy atom. The van der Waals surface area contributed by atoms with Crippen LogP contribution in [0.25, 0.3) is 0 Å². The van der Waals surface area contributed by atoms with Gasteiger partial charge in [0.25, 0.3) is 0 Å². The third-order valence-electron chi connectivity index (χ3n) is 6.32. The highest BCUT2D eigenvalue weighted by Crippen LogP contribution is 2.38. The molecule has 148 valence electrons. The average molecular weight is 379 g/mol. The van der Waals surface area contributed by atoms with E-state index in [4.69, 9.17) is 0 Å². The molecule has 1 heterocycles. The molecule has 1 aliphatic carbocycles. The number of likely N-dealkylation sites (tertiary alicyclic amines) is 1. The Kier molecular flexibility index (Phi) is 6.08. The molecule has 0 bridgehead atoms. The van der Waals surface area contributed by atoms with Crippen LogP contribution in [-0.2, 0) is 4.79 Å². The quantitative estimate of drug-likeness (QED) is 0.809. The summed E-state index contributed by atoms with van der Waals surface area (Å²) in [5.74, 6) is 1.02. The molecule has 28 heavy (non-hydrogen) atoms. The number of rotatable bonds is 6. The monoisotopic (exact) mass is 378 g/mol. The van der Waals surface area contributed by atoms with E-state index in [0.29, 0.717) is 18.4 Å². The zero-order valence-corrected chi connectivity index (χ0v) is 16.3. The van der Waals surface area contributed by atoms with E-state index in [0.717, 1.165) is 44.3 Å². The van der Waals surface area contributed by atoms with Crippen LogP contribution in [0.4, 0.5) is 0 Å². The number of benzene rings is 2. The van der Waals surface area contributed by atoms with Crippen molar-refractivity contribution < 1.29 is 9.90 Å². The number of carbonyl (C=O) groups is 1. The van der Waals surface area contributed by atoms with E-state index in [9.17, 15) is 9.90 Å². The van der Waals surface area contributed by atoms with Crippen LogP contribution >= 0.6 is 0 Å². The molecule has 1 aliphatic heterocycles. The van der Waals surface area contributed by atoms with Gasteiger partial charge in [-0.3, -0.25) is 9.69 Å². The van der Waals surface area contributed by atoms with Crippen LogP contribution in [0.2, 0.25) is 0 Å². The van der Waals surface area contributed by atoms with Crippen LogP contribution in [0.5, 0.6) is 0 Å². The number of amides is 1. The predicted molar refractivity (Wildman–Crippen MR) is 111 cm³/mol. The van der Waals surface area contributed by atoms with Gasteiger partial charge in [-0.1, -0.05) is 60.7 Å². The minimum absolute atomic E-state index is 0.000965. The standard InChI is InChI=1S/C24H30N2O2/c27-22-15-21(16-22)24(20-9-5-2-6-10-20)25-23(28)17-26-13-11-19(12-14-26)18-7-3-1-4-8-18/h1-10,19,21-22,24,27H,11-17H2,(H,25,28)/t21?,22?,24-/m1/s1. The van der Waals surface area contributed by atoms with Gasteiger partial charge in [0.05, 0.1) is 18.7 Å². The van der Waals surface area contributed by atoms with E-state index in [1.807, 2.05) is 18.2 Å². The fourth-order valence-electron chi connectivity index (χ4n) is 4.61. The zero-order chi connectivity index (χ0) is 19.3. The minimum Gasteiger partial charge on any atom is -0.393 e. The van der Waals surface area contributed by atoms with Gasteiger partial charge >= 0.3 is 0 Å². The van der Waals surface area contributed by atoms with Crippen molar-refractivity contribution in [3.63, 3.8) is 0 Å². The first-order chi connectivity index (χ1) is 13.7. The molecule has 1 saturated carbocycles. The molecule has 4 nitrogen and oxygen atoms in total. The molecule has 4 heteroatoms.